The molecule has 142 valence electrons. The third-order valence-corrected chi connectivity index (χ3v) is 4.97. The van der Waals surface area contributed by atoms with Crippen LogP contribution < -0.4 is 5.32 Å². The monoisotopic (exact) mass is 395 g/mol. The molecular formula is C22H18FNO3S. The average Bonchev–Trinajstić information content (AvgIpc) is 3.11. The molecule has 0 saturated carbocycles. The lowest BCUT2D eigenvalue weighted by Gasteiger charge is -2.07. The molecule has 0 spiro atoms. The van der Waals surface area contributed by atoms with Crippen molar-refractivity contribution in [3.05, 3.63) is 82.5 Å². The zero-order valence-electron chi connectivity index (χ0n) is 15.4. The van der Waals surface area contributed by atoms with E-state index in [1.165, 1.54) is 36.7 Å². The number of esters is 1. The van der Waals surface area contributed by atoms with Crippen molar-refractivity contribution in [3.63, 3.8) is 0 Å². The molecule has 1 N–H and O–H groups in total. The van der Waals surface area contributed by atoms with E-state index in [1.807, 2.05) is 36.6 Å². The van der Waals surface area contributed by atoms with Crippen LogP contribution in [0.2, 0.25) is 0 Å². The Morgan fingerprint density at radius 1 is 1.07 bits per heavy atom. The summed E-state index contributed by atoms with van der Waals surface area (Å²) >= 11 is 1.25. The van der Waals surface area contributed by atoms with E-state index in [9.17, 15) is 14.0 Å². The van der Waals surface area contributed by atoms with Gasteiger partial charge in [-0.1, -0.05) is 42.0 Å². The number of halogens is 1. The minimum atomic E-state index is -0.519. The molecule has 2 aromatic carbocycles. The Morgan fingerprint density at radius 2 is 1.75 bits per heavy atom. The van der Waals surface area contributed by atoms with E-state index in [0.29, 0.717) is 21.7 Å². The van der Waals surface area contributed by atoms with Gasteiger partial charge in [0, 0.05) is 17.0 Å². The summed E-state index contributed by atoms with van der Waals surface area (Å²) in [7, 11) is 1.30. The molecule has 4 nitrogen and oxygen atoms in total. The quantitative estimate of drug-likeness (QED) is 0.471. The highest BCUT2D eigenvalue weighted by atomic mass is 32.1. The number of hydrogen-bond donors (Lipinski definition) is 1. The van der Waals surface area contributed by atoms with Crippen molar-refractivity contribution < 1.29 is 18.7 Å². The molecule has 0 saturated heterocycles. The highest BCUT2D eigenvalue weighted by Gasteiger charge is 2.21. The number of methoxy groups -OCH3 is 1. The Hall–Kier alpha value is -3.25. The van der Waals surface area contributed by atoms with Gasteiger partial charge in [0.05, 0.1) is 7.11 Å². The Balaban J connectivity index is 1.85. The van der Waals surface area contributed by atoms with Gasteiger partial charge in [-0.25, -0.2) is 9.18 Å². The van der Waals surface area contributed by atoms with Crippen LogP contribution in [-0.4, -0.2) is 19.0 Å². The van der Waals surface area contributed by atoms with Gasteiger partial charge in [0.15, 0.2) is 0 Å². The van der Waals surface area contributed by atoms with Crippen molar-refractivity contribution in [2.45, 2.75) is 6.92 Å². The summed E-state index contributed by atoms with van der Waals surface area (Å²) < 4.78 is 17.9. The maximum atomic E-state index is 12.9. The van der Waals surface area contributed by atoms with Crippen LogP contribution in [0.25, 0.3) is 17.2 Å². The van der Waals surface area contributed by atoms with Crippen LogP contribution in [0.15, 0.2) is 60.0 Å². The van der Waals surface area contributed by atoms with E-state index in [1.54, 1.807) is 18.2 Å². The first-order chi connectivity index (χ1) is 13.5. The molecule has 1 aromatic heterocycles. The minimum Gasteiger partial charge on any atom is -0.465 e. The van der Waals surface area contributed by atoms with Gasteiger partial charge < -0.3 is 10.1 Å². The van der Waals surface area contributed by atoms with Crippen molar-refractivity contribution in [2.75, 3.05) is 12.4 Å². The summed E-state index contributed by atoms with van der Waals surface area (Å²) in [4.78, 5) is 24.6. The lowest BCUT2D eigenvalue weighted by atomic mass is 10.0. The number of nitrogens with one attached hydrogen (secondary N) is 1. The van der Waals surface area contributed by atoms with Crippen LogP contribution in [0.4, 0.5) is 9.39 Å². The molecule has 0 fully saturated rings. The van der Waals surface area contributed by atoms with Gasteiger partial charge in [-0.05, 0) is 36.3 Å². The number of amides is 1. The lowest BCUT2D eigenvalue weighted by Crippen LogP contribution is -2.11. The molecule has 28 heavy (non-hydrogen) atoms. The van der Waals surface area contributed by atoms with Crippen LogP contribution in [0.3, 0.4) is 0 Å². The number of carbonyl (C=O) groups excluding carboxylic acids is 2. The molecule has 0 atom stereocenters. The molecule has 0 unspecified atom stereocenters. The predicted octanol–water partition coefficient (Wildman–Crippen LogP) is 5.30. The Bertz CT molecular complexity index is 1020. The smallest absolute Gasteiger partial charge is 0.341 e. The number of thiophene rings is 1. The Morgan fingerprint density at radius 3 is 2.39 bits per heavy atom. The summed E-state index contributed by atoms with van der Waals surface area (Å²) in [6, 6.07) is 13.5. The van der Waals surface area contributed by atoms with E-state index in [4.69, 9.17) is 4.74 Å². The Kier molecular flexibility index (Phi) is 6.01. The second kappa shape index (κ2) is 8.63. The highest BCUT2D eigenvalue weighted by molar-refractivity contribution is 7.15. The molecule has 0 aliphatic heterocycles. The SMILES string of the molecule is COC(=O)c1c(-c2ccc(C)cc2)csc1NC(=O)/C=C/c1ccc(F)cc1. The second-order valence-corrected chi connectivity index (χ2v) is 6.96. The maximum Gasteiger partial charge on any atom is 0.341 e. The number of carbonyl (C=O) groups is 2. The number of ether oxygens (including phenoxy) is 1. The predicted molar refractivity (Wildman–Crippen MR) is 110 cm³/mol. The van der Waals surface area contributed by atoms with Crippen LogP contribution in [0.5, 0.6) is 0 Å². The first-order valence-electron chi connectivity index (χ1n) is 8.49. The van der Waals surface area contributed by atoms with E-state index in [2.05, 4.69) is 5.32 Å². The van der Waals surface area contributed by atoms with Crippen molar-refractivity contribution >= 4 is 34.3 Å². The molecule has 3 aromatic rings. The second-order valence-electron chi connectivity index (χ2n) is 6.09. The first kappa shape index (κ1) is 19.5. The van der Waals surface area contributed by atoms with E-state index >= 15 is 0 Å². The minimum absolute atomic E-state index is 0.319. The fourth-order valence-corrected chi connectivity index (χ4v) is 3.56. The van der Waals surface area contributed by atoms with Crippen LogP contribution >= 0.6 is 11.3 Å². The summed E-state index contributed by atoms with van der Waals surface area (Å²) in [6.07, 6.45) is 2.90. The van der Waals surface area contributed by atoms with E-state index < -0.39 is 11.9 Å². The Labute approximate surface area is 166 Å². The molecule has 0 radical (unpaired) electrons. The number of hydrogen-bond acceptors (Lipinski definition) is 4. The fraction of sp³-hybridized carbons (Fsp3) is 0.0909. The largest absolute Gasteiger partial charge is 0.465 e. The van der Waals surface area contributed by atoms with Gasteiger partial charge in [-0.2, -0.15) is 0 Å². The number of anilines is 1. The topological polar surface area (TPSA) is 55.4 Å². The standard InChI is InChI=1S/C22H18FNO3S/c1-14-3-8-16(9-4-14)18-13-28-21(20(18)22(26)27-2)24-19(25)12-7-15-5-10-17(23)11-6-15/h3-13H,1-2H3,(H,24,25)/b12-7+. The zero-order valence-corrected chi connectivity index (χ0v) is 16.2. The molecule has 6 heteroatoms. The number of aryl methyl sites for hydroxylation is 1. The van der Waals surface area contributed by atoms with Crippen molar-refractivity contribution in [1.82, 2.24) is 0 Å². The highest BCUT2D eigenvalue weighted by Crippen LogP contribution is 2.36. The van der Waals surface area contributed by atoms with Gasteiger partial charge in [-0.15, -0.1) is 11.3 Å². The summed E-state index contributed by atoms with van der Waals surface area (Å²) in [5.74, 6) is -1.26. The number of benzene rings is 2. The fourth-order valence-electron chi connectivity index (χ4n) is 2.60. The molecule has 0 aliphatic carbocycles. The third-order valence-electron chi connectivity index (χ3n) is 4.08. The molecule has 1 heterocycles. The maximum absolute atomic E-state index is 12.9. The van der Waals surface area contributed by atoms with Crippen LogP contribution in [0.1, 0.15) is 21.5 Å². The molecule has 1 amide bonds. The van der Waals surface area contributed by atoms with Crippen molar-refractivity contribution in [2.24, 2.45) is 0 Å². The molecule has 0 bridgehead atoms. The van der Waals surface area contributed by atoms with E-state index in [-0.39, 0.29) is 5.82 Å². The van der Waals surface area contributed by atoms with Crippen molar-refractivity contribution in [1.29, 1.82) is 0 Å². The van der Waals surface area contributed by atoms with E-state index in [0.717, 1.165) is 11.1 Å². The molecule has 0 aliphatic rings. The molecular weight excluding hydrogens is 377 g/mol. The normalized spacial score (nSPS) is 10.8. The lowest BCUT2D eigenvalue weighted by molar-refractivity contribution is -0.111. The van der Waals surface area contributed by atoms with Crippen LogP contribution in [0, 0.1) is 12.7 Å². The summed E-state index contributed by atoms with van der Waals surface area (Å²) in [6.45, 7) is 1.98. The average molecular weight is 395 g/mol. The zero-order chi connectivity index (χ0) is 20.1. The number of rotatable bonds is 5. The van der Waals surface area contributed by atoms with Gasteiger partial charge in [0.2, 0.25) is 5.91 Å². The van der Waals surface area contributed by atoms with Crippen molar-refractivity contribution in [3.8, 4) is 11.1 Å². The first-order valence-corrected chi connectivity index (χ1v) is 9.37. The molecule has 3 rings (SSSR count). The van der Waals surface area contributed by atoms with Gasteiger partial charge in [0.25, 0.3) is 0 Å². The summed E-state index contributed by atoms with van der Waals surface area (Å²) in [5, 5.41) is 4.96. The van der Waals surface area contributed by atoms with Gasteiger partial charge in [-0.3, -0.25) is 4.79 Å². The third kappa shape index (κ3) is 4.53. The van der Waals surface area contributed by atoms with Gasteiger partial charge >= 0.3 is 5.97 Å². The van der Waals surface area contributed by atoms with Gasteiger partial charge in [0.1, 0.15) is 16.4 Å². The van der Waals surface area contributed by atoms with Crippen LogP contribution in [-0.2, 0) is 9.53 Å². The summed E-state index contributed by atoms with van der Waals surface area (Å²) in [5.41, 5.74) is 3.69.